The zero-order chi connectivity index (χ0) is 14.0. The molecule has 0 saturated heterocycles. The van der Waals surface area contributed by atoms with Gasteiger partial charge < -0.3 is 24.4 Å². The lowest BCUT2D eigenvalue weighted by Crippen LogP contribution is -2.22. The monoisotopic (exact) mass is 262 g/mol. The largest absolute Gasteiger partial charge is 0.543 e. The Bertz CT molecular complexity index is 615. The summed E-state index contributed by atoms with van der Waals surface area (Å²) >= 11 is 0. The number of carbonyl (C=O) groups is 1. The quantitative estimate of drug-likeness (QED) is 0.888. The summed E-state index contributed by atoms with van der Waals surface area (Å²) in [4.78, 5) is 13.7. The molecular formula is C14H16NO4-. The van der Waals surface area contributed by atoms with E-state index in [9.17, 15) is 9.90 Å². The number of hydrogen-bond acceptors (Lipinski definition) is 4. The number of nitrogens with one attached hydrogen (secondary N) is 1. The van der Waals surface area contributed by atoms with Gasteiger partial charge in [-0.3, -0.25) is 0 Å². The Balaban J connectivity index is 2.68. The second kappa shape index (κ2) is 5.22. The molecule has 0 bridgehead atoms. The summed E-state index contributed by atoms with van der Waals surface area (Å²) < 4.78 is 11.2. The summed E-state index contributed by atoms with van der Waals surface area (Å²) in [5.41, 5.74) is 1.56. The first-order valence-corrected chi connectivity index (χ1v) is 6.21. The molecule has 5 nitrogen and oxygen atoms in total. The predicted octanol–water partition coefficient (Wildman–Crippen LogP) is 1.64. The fourth-order valence-electron chi connectivity index (χ4n) is 2.07. The van der Waals surface area contributed by atoms with E-state index in [1.807, 2.05) is 20.8 Å². The number of H-pyrrole nitrogens is 1. The zero-order valence-corrected chi connectivity index (χ0v) is 11.2. The molecule has 0 atom stereocenters. The Morgan fingerprint density at radius 3 is 2.53 bits per heavy atom. The van der Waals surface area contributed by atoms with Crippen molar-refractivity contribution in [3.05, 3.63) is 23.4 Å². The van der Waals surface area contributed by atoms with Crippen LogP contribution in [-0.2, 0) is 0 Å². The van der Waals surface area contributed by atoms with Gasteiger partial charge in [0, 0.05) is 17.0 Å². The van der Waals surface area contributed by atoms with Crippen molar-refractivity contribution in [2.24, 2.45) is 0 Å². The van der Waals surface area contributed by atoms with Crippen LogP contribution in [0.4, 0.5) is 0 Å². The van der Waals surface area contributed by atoms with E-state index in [1.165, 1.54) is 6.07 Å². The average Bonchev–Trinajstić information content (AvgIpc) is 2.78. The zero-order valence-electron chi connectivity index (χ0n) is 11.2. The molecule has 1 N–H and O–H groups in total. The summed E-state index contributed by atoms with van der Waals surface area (Å²) in [6.45, 7) is 6.70. The van der Waals surface area contributed by atoms with Crippen LogP contribution >= 0.6 is 0 Å². The van der Waals surface area contributed by atoms with Crippen LogP contribution in [0.25, 0.3) is 10.9 Å². The number of aromatic nitrogens is 1. The minimum Gasteiger partial charge on any atom is -0.543 e. The fourth-order valence-corrected chi connectivity index (χ4v) is 2.07. The maximum absolute atomic E-state index is 10.9. The van der Waals surface area contributed by atoms with Crippen molar-refractivity contribution in [3.63, 3.8) is 0 Å². The minimum absolute atomic E-state index is 0.0315. The van der Waals surface area contributed by atoms with Gasteiger partial charge in [-0.1, -0.05) is 0 Å². The smallest absolute Gasteiger partial charge is 0.135 e. The van der Waals surface area contributed by atoms with Gasteiger partial charge in [0.2, 0.25) is 0 Å². The van der Waals surface area contributed by atoms with Crippen molar-refractivity contribution in [2.45, 2.75) is 20.8 Å². The van der Waals surface area contributed by atoms with Crippen molar-refractivity contribution < 1.29 is 19.4 Å². The number of aromatic amines is 1. The molecule has 0 aliphatic rings. The lowest BCUT2D eigenvalue weighted by atomic mass is 10.1. The number of fused-ring (bicyclic) bond motifs is 1. The summed E-state index contributed by atoms with van der Waals surface area (Å²) in [6, 6.07) is 3.31. The highest BCUT2D eigenvalue weighted by atomic mass is 16.5. The topological polar surface area (TPSA) is 74.4 Å². The SMILES string of the molecule is CCOc1cc2[nH]c(C(=O)[O-])cc2c(OCC)c1C. The normalized spacial score (nSPS) is 10.7. The summed E-state index contributed by atoms with van der Waals surface area (Å²) in [5, 5.41) is 11.6. The molecule has 0 aliphatic heterocycles. The first-order valence-electron chi connectivity index (χ1n) is 6.21. The molecule has 0 spiro atoms. The second-order valence-electron chi connectivity index (χ2n) is 4.13. The van der Waals surface area contributed by atoms with Gasteiger partial charge in [0.05, 0.1) is 30.4 Å². The summed E-state index contributed by atoms with van der Waals surface area (Å²) in [7, 11) is 0. The van der Waals surface area contributed by atoms with Crippen LogP contribution < -0.4 is 14.6 Å². The third kappa shape index (κ3) is 2.36. The van der Waals surface area contributed by atoms with Gasteiger partial charge in [0.15, 0.2) is 0 Å². The average molecular weight is 262 g/mol. The molecule has 5 heteroatoms. The Hall–Kier alpha value is -2.17. The lowest BCUT2D eigenvalue weighted by Gasteiger charge is -2.13. The Labute approximate surface area is 111 Å². The molecule has 0 amide bonds. The second-order valence-corrected chi connectivity index (χ2v) is 4.13. The Morgan fingerprint density at radius 1 is 1.26 bits per heavy atom. The highest BCUT2D eigenvalue weighted by Gasteiger charge is 2.14. The third-order valence-corrected chi connectivity index (χ3v) is 2.89. The summed E-state index contributed by atoms with van der Waals surface area (Å²) in [5.74, 6) is 0.0895. The predicted molar refractivity (Wildman–Crippen MR) is 69.7 cm³/mol. The first-order chi connectivity index (χ1) is 9.08. The Morgan fingerprint density at radius 2 is 1.95 bits per heavy atom. The van der Waals surface area contributed by atoms with E-state index in [4.69, 9.17) is 9.47 Å². The van der Waals surface area contributed by atoms with Gasteiger partial charge in [-0.2, -0.15) is 0 Å². The maximum Gasteiger partial charge on any atom is 0.135 e. The lowest BCUT2D eigenvalue weighted by molar-refractivity contribution is -0.255. The molecule has 19 heavy (non-hydrogen) atoms. The van der Waals surface area contributed by atoms with Crippen molar-refractivity contribution in [1.82, 2.24) is 4.98 Å². The fraction of sp³-hybridized carbons (Fsp3) is 0.357. The van der Waals surface area contributed by atoms with E-state index >= 15 is 0 Å². The van der Waals surface area contributed by atoms with Gasteiger partial charge in [0.1, 0.15) is 11.5 Å². The van der Waals surface area contributed by atoms with Crippen molar-refractivity contribution in [1.29, 1.82) is 0 Å². The number of hydrogen-bond donors (Lipinski definition) is 1. The van der Waals surface area contributed by atoms with E-state index < -0.39 is 5.97 Å². The van der Waals surface area contributed by atoms with Crippen molar-refractivity contribution in [3.8, 4) is 11.5 Å². The molecule has 1 aromatic carbocycles. The molecule has 0 unspecified atom stereocenters. The summed E-state index contributed by atoms with van der Waals surface area (Å²) in [6.07, 6.45) is 0. The van der Waals surface area contributed by atoms with Crippen molar-refractivity contribution in [2.75, 3.05) is 13.2 Å². The van der Waals surface area contributed by atoms with Gasteiger partial charge in [0.25, 0.3) is 0 Å². The van der Waals surface area contributed by atoms with E-state index in [-0.39, 0.29) is 5.69 Å². The number of carbonyl (C=O) groups excluding carboxylic acids is 1. The highest BCUT2D eigenvalue weighted by molar-refractivity contribution is 5.97. The van der Waals surface area contributed by atoms with Gasteiger partial charge in [-0.25, -0.2) is 0 Å². The number of aromatic carboxylic acids is 1. The standard InChI is InChI=1S/C14H17NO4/c1-4-18-12-7-10-9(6-11(15-10)14(16)17)13(8(12)3)19-5-2/h6-7,15H,4-5H2,1-3H3,(H,16,17)/p-1. The number of carboxylic acids is 1. The molecule has 1 aromatic heterocycles. The molecule has 0 saturated carbocycles. The molecule has 0 fully saturated rings. The molecule has 1 heterocycles. The van der Waals surface area contributed by atoms with Crippen LogP contribution in [0.15, 0.2) is 12.1 Å². The maximum atomic E-state index is 10.9. The van der Waals surface area contributed by atoms with Crippen LogP contribution in [0, 0.1) is 6.92 Å². The highest BCUT2D eigenvalue weighted by Crippen LogP contribution is 2.36. The minimum atomic E-state index is -1.24. The molecule has 2 aromatic rings. The van der Waals surface area contributed by atoms with Gasteiger partial charge in [-0.05, 0) is 26.8 Å². The number of benzene rings is 1. The number of ether oxygens (including phenoxy) is 2. The van der Waals surface area contributed by atoms with E-state index in [0.717, 1.165) is 10.9 Å². The molecule has 0 radical (unpaired) electrons. The Kier molecular flexibility index (Phi) is 3.64. The molecular weight excluding hydrogens is 246 g/mol. The van der Waals surface area contributed by atoms with Crippen LogP contribution in [0.3, 0.4) is 0 Å². The van der Waals surface area contributed by atoms with Crippen LogP contribution in [0.2, 0.25) is 0 Å². The van der Waals surface area contributed by atoms with Gasteiger partial charge in [-0.15, -0.1) is 0 Å². The van der Waals surface area contributed by atoms with E-state index in [0.29, 0.717) is 30.2 Å². The van der Waals surface area contributed by atoms with Gasteiger partial charge >= 0.3 is 0 Å². The van der Waals surface area contributed by atoms with Crippen LogP contribution in [-0.4, -0.2) is 24.2 Å². The van der Waals surface area contributed by atoms with E-state index in [2.05, 4.69) is 4.98 Å². The molecule has 102 valence electrons. The van der Waals surface area contributed by atoms with Crippen molar-refractivity contribution >= 4 is 16.9 Å². The first kappa shape index (κ1) is 13.3. The molecule has 0 aliphatic carbocycles. The van der Waals surface area contributed by atoms with Crippen LogP contribution in [0.5, 0.6) is 11.5 Å². The van der Waals surface area contributed by atoms with Crippen LogP contribution in [0.1, 0.15) is 29.9 Å². The third-order valence-electron chi connectivity index (χ3n) is 2.89. The molecule has 2 rings (SSSR count). The number of carboxylic acid groups (broad SMARTS) is 1. The van der Waals surface area contributed by atoms with E-state index in [1.54, 1.807) is 6.07 Å². The number of rotatable bonds is 5.